The van der Waals surface area contributed by atoms with E-state index in [0.717, 1.165) is 44.9 Å². The molecule has 0 unspecified atom stereocenters. The normalized spacial score (nSPS) is 12.8. The fourth-order valence-corrected chi connectivity index (χ4v) is 1.74. The van der Waals surface area contributed by atoms with Crippen LogP contribution in [0.15, 0.2) is 60.8 Å². The van der Waals surface area contributed by atoms with Gasteiger partial charge >= 0.3 is 5.97 Å². The minimum Gasteiger partial charge on any atom is -0.481 e. The van der Waals surface area contributed by atoms with Crippen LogP contribution < -0.4 is 0 Å². The van der Waals surface area contributed by atoms with Gasteiger partial charge in [-0.15, -0.1) is 0 Å². The summed E-state index contributed by atoms with van der Waals surface area (Å²) in [6, 6.07) is 0. The molecule has 122 valence electrons. The largest absolute Gasteiger partial charge is 0.481 e. The van der Waals surface area contributed by atoms with Crippen molar-refractivity contribution in [3.05, 3.63) is 60.8 Å². The van der Waals surface area contributed by atoms with Gasteiger partial charge in [-0.1, -0.05) is 67.7 Å². The summed E-state index contributed by atoms with van der Waals surface area (Å²) in [4.78, 5) is 10.3. The van der Waals surface area contributed by atoms with Gasteiger partial charge in [-0.25, -0.2) is 0 Å². The predicted octanol–water partition coefficient (Wildman–Crippen LogP) is 5.99. The lowest BCUT2D eigenvalue weighted by atomic mass is 10.2. The minimum atomic E-state index is -0.715. The van der Waals surface area contributed by atoms with E-state index in [4.69, 9.17) is 5.11 Å². The van der Waals surface area contributed by atoms with Gasteiger partial charge in [0.15, 0.2) is 0 Å². The highest BCUT2D eigenvalue weighted by atomic mass is 16.4. The van der Waals surface area contributed by atoms with Crippen molar-refractivity contribution in [2.45, 2.75) is 58.3 Å². The Bertz CT molecular complexity index is 398. The lowest BCUT2D eigenvalue weighted by molar-refractivity contribution is -0.137. The summed E-state index contributed by atoms with van der Waals surface area (Å²) in [5, 5.41) is 8.49. The summed E-state index contributed by atoms with van der Waals surface area (Å²) in [6.07, 6.45) is 28.4. The van der Waals surface area contributed by atoms with Gasteiger partial charge in [0.05, 0.1) is 0 Å². The molecule has 0 fully saturated rings. The van der Waals surface area contributed by atoms with Gasteiger partial charge in [0.1, 0.15) is 0 Å². The summed E-state index contributed by atoms with van der Waals surface area (Å²) in [6.45, 7) is 2.14. The second-order valence-corrected chi connectivity index (χ2v) is 4.99. The molecule has 0 aromatic heterocycles. The summed E-state index contributed by atoms with van der Waals surface area (Å²) in [5.74, 6) is -0.715. The Morgan fingerprint density at radius 2 is 1.14 bits per heavy atom. The fourth-order valence-electron chi connectivity index (χ4n) is 1.74. The topological polar surface area (TPSA) is 37.3 Å². The maximum atomic E-state index is 10.3. The Morgan fingerprint density at radius 3 is 1.55 bits per heavy atom. The van der Waals surface area contributed by atoms with Crippen LogP contribution in [-0.4, -0.2) is 11.1 Å². The number of aliphatic carboxylic acids is 1. The van der Waals surface area contributed by atoms with Crippen molar-refractivity contribution >= 4 is 5.97 Å². The first-order valence-corrected chi connectivity index (χ1v) is 8.24. The van der Waals surface area contributed by atoms with Crippen molar-refractivity contribution in [3.8, 4) is 0 Å². The monoisotopic (exact) mass is 302 g/mol. The van der Waals surface area contributed by atoms with E-state index in [2.05, 4.69) is 67.7 Å². The molecule has 0 aliphatic rings. The lowest BCUT2D eigenvalue weighted by Gasteiger charge is -1.89. The molecular weight excluding hydrogens is 272 g/mol. The van der Waals surface area contributed by atoms with Crippen LogP contribution >= 0.6 is 0 Å². The maximum Gasteiger partial charge on any atom is 0.303 e. The van der Waals surface area contributed by atoms with E-state index in [1.807, 2.05) is 0 Å². The maximum absolute atomic E-state index is 10.3. The Hall–Kier alpha value is -1.83. The van der Waals surface area contributed by atoms with Gasteiger partial charge in [-0.2, -0.15) is 0 Å². The fraction of sp³-hybridized carbons (Fsp3) is 0.450. The van der Waals surface area contributed by atoms with E-state index < -0.39 is 5.97 Å². The van der Waals surface area contributed by atoms with Crippen LogP contribution in [0.5, 0.6) is 0 Å². The number of hydrogen-bond acceptors (Lipinski definition) is 1. The Labute approximate surface area is 135 Å². The van der Waals surface area contributed by atoms with Crippen molar-refractivity contribution in [1.29, 1.82) is 0 Å². The number of unbranched alkanes of at least 4 members (excludes halogenated alkanes) is 1. The van der Waals surface area contributed by atoms with E-state index in [-0.39, 0.29) is 6.42 Å². The van der Waals surface area contributed by atoms with Crippen LogP contribution in [0.25, 0.3) is 0 Å². The van der Waals surface area contributed by atoms with Crippen molar-refractivity contribution in [2.24, 2.45) is 0 Å². The molecule has 0 aromatic carbocycles. The summed E-state index contributed by atoms with van der Waals surface area (Å²) < 4.78 is 0. The van der Waals surface area contributed by atoms with E-state index >= 15 is 0 Å². The van der Waals surface area contributed by atoms with E-state index in [9.17, 15) is 4.79 Å². The van der Waals surface area contributed by atoms with Gasteiger partial charge in [-0.3, -0.25) is 4.79 Å². The molecule has 0 aromatic rings. The molecule has 0 aliphatic heterocycles. The van der Waals surface area contributed by atoms with Gasteiger partial charge in [-0.05, 0) is 44.9 Å². The highest BCUT2D eigenvalue weighted by Gasteiger charge is 1.92. The van der Waals surface area contributed by atoms with Crippen molar-refractivity contribution in [3.63, 3.8) is 0 Å². The number of rotatable bonds is 13. The molecule has 0 atom stereocenters. The van der Waals surface area contributed by atoms with Crippen LogP contribution in [0.4, 0.5) is 0 Å². The van der Waals surface area contributed by atoms with Gasteiger partial charge < -0.3 is 5.11 Å². The molecule has 0 saturated carbocycles. The Morgan fingerprint density at radius 1 is 0.727 bits per heavy atom. The molecular formula is C20H30O2. The first kappa shape index (κ1) is 20.2. The summed E-state index contributed by atoms with van der Waals surface area (Å²) in [7, 11) is 0. The quantitative estimate of drug-likeness (QED) is 0.335. The molecule has 0 spiro atoms. The molecule has 0 heterocycles. The molecule has 22 heavy (non-hydrogen) atoms. The predicted molar refractivity (Wildman–Crippen MR) is 95.9 cm³/mol. The second-order valence-electron chi connectivity index (χ2n) is 4.99. The minimum absolute atomic E-state index is 0.258. The number of allylic oxidation sites excluding steroid dienone is 10. The molecule has 0 aliphatic carbocycles. The summed E-state index contributed by atoms with van der Waals surface area (Å²) in [5.41, 5.74) is 0. The van der Waals surface area contributed by atoms with E-state index in [1.54, 1.807) is 0 Å². The molecule has 0 saturated heterocycles. The van der Waals surface area contributed by atoms with Crippen LogP contribution in [-0.2, 0) is 4.79 Å². The molecule has 2 heteroatoms. The zero-order chi connectivity index (χ0) is 16.3. The number of hydrogen-bond donors (Lipinski definition) is 1. The first-order chi connectivity index (χ1) is 10.8. The van der Waals surface area contributed by atoms with Crippen LogP contribution in [0.2, 0.25) is 0 Å². The van der Waals surface area contributed by atoms with Crippen molar-refractivity contribution < 1.29 is 9.90 Å². The average Bonchev–Trinajstić information content (AvgIpc) is 2.50. The van der Waals surface area contributed by atoms with E-state index in [1.165, 1.54) is 0 Å². The van der Waals surface area contributed by atoms with Crippen molar-refractivity contribution in [2.75, 3.05) is 0 Å². The molecule has 0 rings (SSSR count). The Kier molecular flexibility index (Phi) is 15.8. The number of carboxylic acid groups (broad SMARTS) is 1. The zero-order valence-electron chi connectivity index (χ0n) is 13.8. The number of carbonyl (C=O) groups is 1. The third-order valence-corrected chi connectivity index (χ3v) is 2.92. The van der Waals surface area contributed by atoms with Crippen LogP contribution in [0.3, 0.4) is 0 Å². The lowest BCUT2D eigenvalue weighted by Crippen LogP contribution is -1.92. The first-order valence-electron chi connectivity index (χ1n) is 8.24. The highest BCUT2D eigenvalue weighted by Crippen LogP contribution is 1.99. The second kappa shape index (κ2) is 17.2. The van der Waals surface area contributed by atoms with Crippen LogP contribution in [0.1, 0.15) is 58.3 Å². The SMILES string of the molecule is CC/C=C\C/C=C/C/C=C\C/C=C/C/C=C/CCCC(=O)O. The van der Waals surface area contributed by atoms with Crippen molar-refractivity contribution in [1.82, 2.24) is 0 Å². The molecule has 2 nitrogen and oxygen atoms in total. The van der Waals surface area contributed by atoms with Gasteiger partial charge in [0.25, 0.3) is 0 Å². The van der Waals surface area contributed by atoms with Gasteiger partial charge in [0, 0.05) is 6.42 Å². The third-order valence-electron chi connectivity index (χ3n) is 2.92. The molecule has 1 N–H and O–H groups in total. The molecule has 0 amide bonds. The van der Waals surface area contributed by atoms with Gasteiger partial charge in [0.2, 0.25) is 0 Å². The van der Waals surface area contributed by atoms with E-state index in [0.29, 0.717) is 0 Å². The zero-order valence-corrected chi connectivity index (χ0v) is 13.8. The Balaban J connectivity index is 3.46. The highest BCUT2D eigenvalue weighted by molar-refractivity contribution is 5.66. The smallest absolute Gasteiger partial charge is 0.303 e. The third kappa shape index (κ3) is 18.2. The average molecular weight is 302 g/mol. The number of carboxylic acids is 1. The molecule has 0 bridgehead atoms. The molecule has 0 radical (unpaired) electrons. The summed E-state index contributed by atoms with van der Waals surface area (Å²) >= 11 is 0. The van der Waals surface area contributed by atoms with Crippen LogP contribution in [0, 0.1) is 0 Å². The standard InChI is InChI=1S/C20H30O2/c1-2-3-4-5-6-7-8-9-10-11-12-13-14-15-16-17-18-19-20(21)22/h3-4,6-7,9-10,12-13,15-16H,2,5,8,11,14,17-19H2,1H3,(H,21,22)/b4-3-,7-6+,10-9-,13-12+,16-15+.